The van der Waals surface area contributed by atoms with Crippen molar-refractivity contribution in [1.82, 2.24) is 19.9 Å². The van der Waals surface area contributed by atoms with Crippen molar-refractivity contribution in [2.75, 3.05) is 14.1 Å². The van der Waals surface area contributed by atoms with Gasteiger partial charge in [-0.1, -0.05) is 19.1 Å². The van der Waals surface area contributed by atoms with Crippen molar-refractivity contribution in [3.8, 4) is 0 Å². The van der Waals surface area contributed by atoms with Crippen LogP contribution < -0.4 is 0 Å². The van der Waals surface area contributed by atoms with Crippen molar-refractivity contribution >= 4 is 11.9 Å². The van der Waals surface area contributed by atoms with Crippen LogP contribution in [0.25, 0.3) is 0 Å². The lowest BCUT2D eigenvalue weighted by atomic mass is 10.1. The maximum atomic E-state index is 11.8. The Morgan fingerprint density at radius 2 is 2.00 bits per heavy atom. The van der Waals surface area contributed by atoms with E-state index in [0.717, 1.165) is 6.42 Å². The molecule has 1 aromatic heterocycles. The van der Waals surface area contributed by atoms with Crippen LogP contribution >= 0.6 is 0 Å². The van der Waals surface area contributed by atoms with E-state index in [0.29, 0.717) is 5.92 Å². The standard InChI is InChI=1S/C13H22N4O3/c1-9(2)6-10(3)20-13(19)11-7-17(15-14-11)8-12(18)16(4)5/h7,9-10H,6,8H2,1-5H3. The molecule has 1 atom stereocenters. The quantitative estimate of drug-likeness (QED) is 0.726. The van der Waals surface area contributed by atoms with Crippen LogP contribution in [-0.4, -0.2) is 52.0 Å². The van der Waals surface area contributed by atoms with Gasteiger partial charge in [0.05, 0.1) is 12.3 Å². The van der Waals surface area contributed by atoms with Gasteiger partial charge < -0.3 is 9.64 Å². The number of hydrogen-bond donors (Lipinski definition) is 0. The van der Waals surface area contributed by atoms with Crippen LogP contribution in [0.5, 0.6) is 0 Å². The number of likely N-dealkylation sites (N-methyl/N-ethyl adjacent to an activating group) is 1. The highest BCUT2D eigenvalue weighted by atomic mass is 16.5. The van der Waals surface area contributed by atoms with Crippen molar-refractivity contribution < 1.29 is 14.3 Å². The lowest BCUT2D eigenvalue weighted by molar-refractivity contribution is -0.129. The number of carbonyl (C=O) groups is 2. The zero-order chi connectivity index (χ0) is 15.3. The maximum Gasteiger partial charge on any atom is 0.360 e. The smallest absolute Gasteiger partial charge is 0.360 e. The van der Waals surface area contributed by atoms with Crippen molar-refractivity contribution in [3.05, 3.63) is 11.9 Å². The number of esters is 1. The molecule has 1 amide bonds. The molecule has 0 radical (unpaired) electrons. The van der Waals surface area contributed by atoms with Gasteiger partial charge in [0.15, 0.2) is 5.69 Å². The third kappa shape index (κ3) is 4.99. The summed E-state index contributed by atoms with van der Waals surface area (Å²) < 4.78 is 6.59. The summed E-state index contributed by atoms with van der Waals surface area (Å²) >= 11 is 0. The molecule has 0 aliphatic carbocycles. The Hall–Kier alpha value is -1.92. The number of nitrogens with zero attached hydrogens (tertiary/aromatic N) is 4. The van der Waals surface area contributed by atoms with E-state index < -0.39 is 5.97 Å². The zero-order valence-electron chi connectivity index (χ0n) is 12.7. The van der Waals surface area contributed by atoms with Crippen molar-refractivity contribution in [2.45, 2.75) is 39.8 Å². The van der Waals surface area contributed by atoms with E-state index in [4.69, 9.17) is 4.74 Å². The van der Waals surface area contributed by atoms with Crippen LogP contribution in [0.1, 0.15) is 37.7 Å². The number of hydrogen-bond acceptors (Lipinski definition) is 5. The molecule has 0 spiro atoms. The molecule has 1 heterocycles. The third-order valence-corrected chi connectivity index (χ3v) is 2.66. The van der Waals surface area contributed by atoms with Gasteiger partial charge in [-0.15, -0.1) is 5.10 Å². The van der Waals surface area contributed by atoms with E-state index in [9.17, 15) is 9.59 Å². The van der Waals surface area contributed by atoms with Gasteiger partial charge in [-0.25, -0.2) is 9.48 Å². The SMILES string of the molecule is CC(C)CC(C)OC(=O)c1cn(CC(=O)N(C)C)nn1. The summed E-state index contributed by atoms with van der Waals surface area (Å²) in [5.74, 6) is -0.184. The zero-order valence-corrected chi connectivity index (χ0v) is 12.7. The molecule has 1 aromatic rings. The van der Waals surface area contributed by atoms with Crippen molar-refractivity contribution in [2.24, 2.45) is 5.92 Å². The summed E-state index contributed by atoms with van der Waals surface area (Å²) in [4.78, 5) is 24.8. The first-order valence-corrected chi connectivity index (χ1v) is 6.60. The molecule has 0 aliphatic heterocycles. The summed E-state index contributed by atoms with van der Waals surface area (Å²) in [6, 6.07) is 0. The first-order valence-electron chi connectivity index (χ1n) is 6.60. The van der Waals surface area contributed by atoms with Gasteiger partial charge in [0.1, 0.15) is 6.54 Å². The van der Waals surface area contributed by atoms with E-state index in [1.165, 1.54) is 15.8 Å². The summed E-state index contributed by atoms with van der Waals surface area (Å²) in [5, 5.41) is 7.47. The van der Waals surface area contributed by atoms with Gasteiger partial charge in [-0.2, -0.15) is 0 Å². The molecule has 0 aromatic carbocycles. The molecule has 7 nitrogen and oxygen atoms in total. The van der Waals surface area contributed by atoms with Gasteiger partial charge in [0.2, 0.25) is 5.91 Å². The molecule has 0 fully saturated rings. The minimum absolute atomic E-state index is 0.0504. The molecule has 7 heteroatoms. The Morgan fingerprint density at radius 1 is 1.35 bits per heavy atom. The predicted octanol–water partition coefficient (Wildman–Crippen LogP) is 0.958. The molecule has 0 aliphatic rings. The first kappa shape index (κ1) is 16.1. The van der Waals surface area contributed by atoms with E-state index in [2.05, 4.69) is 24.2 Å². The monoisotopic (exact) mass is 282 g/mol. The Balaban J connectivity index is 2.58. The average Bonchev–Trinajstić information content (AvgIpc) is 2.76. The van der Waals surface area contributed by atoms with Crippen LogP contribution in [0, 0.1) is 5.92 Å². The fourth-order valence-electron chi connectivity index (χ4n) is 1.70. The van der Waals surface area contributed by atoms with Crippen molar-refractivity contribution in [3.63, 3.8) is 0 Å². The highest BCUT2D eigenvalue weighted by Gasteiger charge is 2.17. The number of rotatable bonds is 6. The van der Waals surface area contributed by atoms with E-state index in [1.54, 1.807) is 14.1 Å². The topological polar surface area (TPSA) is 77.3 Å². The van der Waals surface area contributed by atoms with E-state index in [-0.39, 0.29) is 24.2 Å². The Morgan fingerprint density at radius 3 is 2.55 bits per heavy atom. The molecule has 1 unspecified atom stereocenters. The Labute approximate surface area is 118 Å². The second-order valence-corrected chi connectivity index (χ2v) is 5.44. The van der Waals surface area contributed by atoms with E-state index >= 15 is 0 Å². The number of ether oxygens (including phenoxy) is 1. The normalized spacial score (nSPS) is 12.3. The minimum Gasteiger partial charge on any atom is -0.458 e. The number of aromatic nitrogens is 3. The van der Waals surface area contributed by atoms with Crippen LogP contribution in [0.15, 0.2) is 6.20 Å². The van der Waals surface area contributed by atoms with Crippen LogP contribution in [0.3, 0.4) is 0 Å². The van der Waals surface area contributed by atoms with Crippen LogP contribution in [0.2, 0.25) is 0 Å². The highest BCUT2D eigenvalue weighted by molar-refractivity contribution is 5.87. The number of amides is 1. The summed E-state index contributed by atoms with van der Waals surface area (Å²) in [6.45, 7) is 6.02. The molecule has 0 N–H and O–H groups in total. The minimum atomic E-state index is -0.512. The molecular formula is C13H22N4O3. The van der Waals surface area contributed by atoms with Crippen LogP contribution in [-0.2, 0) is 16.1 Å². The maximum absolute atomic E-state index is 11.8. The van der Waals surface area contributed by atoms with Gasteiger partial charge >= 0.3 is 5.97 Å². The Bertz CT molecular complexity index is 468. The van der Waals surface area contributed by atoms with Gasteiger partial charge in [0, 0.05) is 14.1 Å². The van der Waals surface area contributed by atoms with E-state index in [1.807, 2.05) is 6.92 Å². The Kier molecular flexibility index (Phi) is 5.66. The fourth-order valence-corrected chi connectivity index (χ4v) is 1.70. The lowest BCUT2D eigenvalue weighted by Crippen LogP contribution is -2.26. The highest BCUT2D eigenvalue weighted by Crippen LogP contribution is 2.09. The first-order chi connectivity index (χ1) is 9.29. The second kappa shape index (κ2) is 7.02. The summed E-state index contributed by atoms with van der Waals surface area (Å²) in [7, 11) is 3.31. The molecule has 0 saturated heterocycles. The van der Waals surface area contributed by atoms with Gasteiger partial charge in [-0.05, 0) is 19.3 Å². The molecular weight excluding hydrogens is 260 g/mol. The molecule has 1 rings (SSSR count). The van der Waals surface area contributed by atoms with Gasteiger partial charge in [0.25, 0.3) is 0 Å². The van der Waals surface area contributed by atoms with Gasteiger partial charge in [-0.3, -0.25) is 4.79 Å². The largest absolute Gasteiger partial charge is 0.458 e. The molecule has 0 bridgehead atoms. The summed E-state index contributed by atoms with van der Waals surface area (Å²) in [5.41, 5.74) is 0.118. The van der Waals surface area contributed by atoms with Crippen molar-refractivity contribution in [1.29, 1.82) is 0 Å². The second-order valence-electron chi connectivity index (χ2n) is 5.44. The molecule has 112 valence electrons. The third-order valence-electron chi connectivity index (χ3n) is 2.66. The fraction of sp³-hybridized carbons (Fsp3) is 0.692. The predicted molar refractivity (Wildman–Crippen MR) is 73.0 cm³/mol. The average molecular weight is 282 g/mol. The van der Waals surface area contributed by atoms with Crippen LogP contribution in [0.4, 0.5) is 0 Å². The summed E-state index contributed by atoms with van der Waals surface area (Å²) in [6.07, 6.45) is 2.04. The molecule has 20 heavy (non-hydrogen) atoms. The lowest BCUT2D eigenvalue weighted by Gasteiger charge is -2.13. The molecule has 0 saturated carbocycles. The number of carbonyl (C=O) groups excluding carboxylic acids is 2.